The van der Waals surface area contributed by atoms with Crippen LogP contribution in [0.1, 0.15) is 32.1 Å². The van der Waals surface area contributed by atoms with E-state index in [1.807, 2.05) is 0 Å². The van der Waals surface area contributed by atoms with Crippen molar-refractivity contribution in [2.75, 3.05) is 0 Å². The monoisotopic (exact) mass is 272 g/mol. The van der Waals surface area contributed by atoms with E-state index >= 15 is 0 Å². The molecule has 0 spiro atoms. The molecular weight excluding hydrogens is 256 g/mol. The lowest BCUT2D eigenvalue weighted by Crippen LogP contribution is -2.26. The van der Waals surface area contributed by atoms with Gasteiger partial charge >= 0.3 is 11.4 Å². The smallest absolute Gasteiger partial charge is 0.372 e. The zero-order valence-electron chi connectivity index (χ0n) is 11.2. The Kier molecular flexibility index (Phi) is 3.50. The van der Waals surface area contributed by atoms with Gasteiger partial charge in [0.25, 0.3) is 0 Å². The van der Waals surface area contributed by atoms with Crippen molar-refractivity contribution in [3.8, 4) is 0 Å². The van der Waals surface area contributed by atoms with Crippen molar-refractivity contribution in [2.45, 2.75) is 38.6 Å². The second-order valence-corrected chi connectivity index (χ2v) is 5.04. The van der Waals surface area contributed by atoms with Crippen molar-refractivity contribution < 1.29 is 4.42 Å². The molecule has 0 aliphatic heterocycles. The van der Waals surface area contributed by atoms with Gasteiger partial charge in [0.1, 0.15) is 5.39 Å². The maximum Gasteiger partial charge on any atom is 0.423 e. The molecule has 0 unspecified atom stereocenters. The van der Waals surface area contributed by atoms with Crippen molar-refractivity contribution in [1.29, 1.82) is 0 Å². The molecule has 5 heteroatoms. The molecule has 2 aromatic rings. The number of aryl methyl sites for hydroxylation is 1. The van der Waals surface area contributed by atoms with Crippen LogP contribution in [0.3, 0.4) is 0 Å². The quantitative estimate of drug-likeness (QED) is 0.804. The first-order valence-corrected chi connectivity index (χ1v) is 6.92. The number of aromatic nitrogens is 2. The second-order valence-electron chi connectivity index (χ2n) is 5.04. The van der Waals surface area contributed by atoms with Gasteiger partial charge < -0.3 is 4.42 Å². The lowest BCUT2D eigenvalue weighted by atomic mass is 9.97. The van der Waals surface area contributed by atoms with Gasteiger partial charge in [-0.1, -0.05) is 11.6 Å². The van der Waals surface area contributed by atoms with Crippen LogP contribution >= 0.6 is 0 Å². The molecule has 0 atom stereocenters. The van der Waals surface area contributed by atoms with Crippen LogP contribution < -0.4 is 11.4 Å². The molecule has 104 valence electrons. The lowest BCUT2D eigenvalue weighted by Gasteiger charge is -2.13. The van der Waals surface area contributed by atoms with Gasteiger partial charge in [0.2, 0.25) is 0 Å². The fraction of sp³-hybridized carbons (Fsp3) is 0.400. The molecule has 2 heterocycles. The predicted octanol–water partition coefficient (Wildman–Crippen LogP) is 2.24. The molecule has 0 bridgehead atoms. The first-order valence-electron chi connectivity index (χ1n) is 6.92. The van der Waals surface area contributed by atoms with E-state index in [9.17, 15) is 9.59 Å². The topological polar surface area (TPSA) is 65.1 Å². The van der Waals surface area contributed by atoms with Gasteiger partial charge in [-0.05, 0) is 44.2 Å². The summed E-state index contributed by atoms with van der Waals surface area (Å²) in [5.74, 6) is -0.627. The summed E-state index contributed by atoms with van der Waals surface area (Å²) in [6.45, 7) is 0.502. The van der Waals surface area contributed by atoms with Gasteiger partial charge in [0, 0.05) is 12.7 Å². The van der Waals surface area contributed by atoms with E-state index in [1.165, 1.54) is 23.0 Å². The summed E-state index contributed by atoms with van der Waals surface area (Å²) in [6.07, 6.45) is 9.31. The average molecular weight is 272 g/mol. The Morgan fingerprint density at radius 2 is 2.20 bits per heavy atom. The standard InChI is InChI=1S/C15H16N2O3/c18-14-12-7-4-9-16-13(12)17(15(19)20-14)10-8-11-5-2-1-3-6-11/h4-5,7,9H,1-3,6,8,10H2. The third-order valence-corrected chi connectivity index (χ3v) is 3.70. The van der Waals surface area contributed by atoms with Crippen LogP contribution in [0, 0.1) is 0 Å². The Morgan fingerprint density at radius 1 is 1.30 bits per heavy atom. The van der Waals surface area contributed by atoms with E-state index < -0.39 is 11.4 Å². The van der Waals surface area contributed by atoms with E-state index in [0.29, 0.717) is 17.6 Å². The molecule has 0 radical (unpaired) electrons. The third kappa shape index (κ3) is 2.43. The van der Waals surface area contributed by atoms with Crippen LogP contribution in [-0.4, -0.2) is 9.55 Å². The zero-order chi connectivity index (χ0) is 13.9. The molecule has 2 aromatic heterocycles. The lowest BCUT2D eigenvalue weighted by molar-refractivity contribution is 0.413. The van der Waals surface area contributed by atoms with Crippen molar-refractivity contribution >= 4 is 11.0 Å². The first kappa shape index (κ1) is 12.8. The molecule has 0 aromatic carbocycles. The number of pyridine rings is 1. The Labute approximate surface area is 115 Å². The van der Waals surface area contributed by atoms with Crippen LogP contribution in [0.15, 0.2) is 44.0 Å². The van der Waals surface area contributed by atoms with E-state index in [1.54, 1.807) is 18.3 Å². The fourth-order valence-corrected chi connectivity index (χ4v) is 2.63. The maximum absolute atomic E-state index is 11.9. The number of hydrogen-bond donors (Lipinski definition) is 0. The van der Waals surface area contributed by atoms with Gasteiger partial charge in [-0.15, -0.1) is 0 Å². The Hall–Kier alpha value is -2.17. The summed E-state index contributed by atoms with van der Waals surface area (Å²) >= 11 is 0. The molecule has 1 aliphatic rings. The Balaban J connectivity index is 1.97. The minimum absolute atomic E-state index is 0.352. The van der Waals surface area contributed by atoms with Crippen LogP contribution in [0.25, 0.3) is 11.0 Å². The molecule has 1 aliphatic carbocycles. The van der Waals surface area contributed by atoms with Crippen LogP contribution in [0.2, 0.25) is 0 Å². The highest BCUT2D eigenvalue weighted by molar-refractivity contribution is 5.72. The Bertz CT molecular complexity index is 771. The summed E-state index contributed by atoms with van der Waals surface area (Å²) < 4.78 is 6.20. The number of hydrogen-bond acceptors (Lipinski definition) is 4. The van der Waals surface area contributed by atoms with Gasteiger partial charge in [0.05, 0.1) is 0 Å². The highest BCUT2D eigenvalue weighted by Gasteiger charge is 2.11. The summed E-state index contributed by atoms with van der Waals surface area (Å²) in [5.41, 5.74) is 1.16. The van der Waals surface area contributed by atoms with Gasteiger partial charge in [-0.25, -0.2) is 14.6 Å². The summed E-state index contributed by atoms with van der Waals surface area (Å²) in [7, 11) is 0. The molecule has 0 fully saturated rings. The normalized spacial score (nSPS) is 15.3. The minimum atomic E-state index is -0.627. The highest BCUT2D eigenvalue weighted by Crippen LogP contribution is 2.20. The van der Waals surface area contributed by atoms with Crippen molar-refractivity contribution in [2.24, 2.45) is 0 Å². The largest absolute Gasteiger partial charge is 0.423 e. The molecule has 20 heavy (non-hydrogen) atoms. The van der Waals surface area contributed by atoms with Crippen molar-refractivity contribution in [3.63, 3.8) is 0 Å². The molecule has 0 saturated carbocycles. The van der Waals surface area contributed by atoms with E-state index in [-0.39, 0.29) is 0 Å². The fourth-order valence-electron chi connectivity index (χ4n) is 2.63. The van der Waals surface area contributed by atoms with Gasteiger partial charge in [0.15, 0.2) is 5.65 Å². The molecular formula is C15H16N2O3. The minimum Gasteiger partial charge on any atom is -0.372 e. The first-order chi connectivity index (χ1) is 9.75. The number of fused-ring (bicyclic) bond motifs is 1. The zero-order valence-corrected chi connectivity index (χ0v) is 11.2. The average Bonchev–Trinajstić information content (AvgIpc) is 2.48. The molecule has 5 nitrogen and oxygen atoms in total. The Morgan fingerprint density at radius 3 is 3.00 bits per heavy atom. The number of nitrogens with zero attached hydrogens (tertiary/aromatic N) is 2. The van der Waals surface area contributed by atoms with E-state index in [2.05, 4.69) is 11.1 Å². The van der Waals surface area contributed by atoms with E-state index in [4.69, 9.17) is 4.42 Å². The van der Waals surface area contributed by atoms with Crippen LogP contribution in [0.5, 0.6) is 0 Å². The number of allylic oxidation sites excluding steroid dienone is 2. The molecule has 0 N–H and O–H groups in total. The summed E-state index contributed by atoms with van der Waals surface area (Å²) in [4.78, 5) is 27.6. The summed E-state index contributed by atoms with van der Waals surface area (Å²) in [6, 6.07) is 3.29. The highest BCUT2D eigenvalue weighted by atomic mass is 16.4. The molecule has 0 amide bonds. The molecule has 0 saturated heterocycles. The van der Waals surface area contributed by atoms with Crippen molar-refractivity contribution in [1.82, 2.24) is 9.55 Å². The number of rotatable bonds is 3. The predicted molar refractivity (Wildman–Crippen MR) is 75.7 cm³/mol. The van der Waals surface area contributed by atoms with Gasteiger partial charge in [-0.3, -0.25) is 4.57 Å². The van der Waals surface area contributed by atoms with Gasteiger partial charge in [-0.2, -0.15) is 0 Å². The van der Waals surface area contributed by atoms with Crippen LogP contribution in [0.4, 0.5) is 0 Å². The van der Waals surface area contributed by atoms with E-state index in [0.717, 1.165) is 19.3 Å². The SMILES string of the molecule is O=c1oc(=O)n(CCC2=CCCCC2)c2ncccc12. The summed E-state index contributed by atoms with van der Waals surface area (Å²) in [5, 5.41) is 0.352. The third-order valence-electron chi connectivity index (χ3n) is 3.70. The second kappa shape index (κ2) is 5.45. The maximum atomic E-state index is 11.9. The molecule has 3 rings (SSSR count). The van der Waals surface area contributed by atoms with Crippen LogP contribution in [-0.2, 0) is 6.54 Å². The van der Waals surface area contributed by atoms with Crippen molar-refractivity contribution in [3.05, 3.63) is 50.9 Å².